The maximum atomic E-state index is 11.8. The van der Waals surface area contributed by atoms with E-state index in [2.05, 4.69) is 22.2 Å². The minimum atomic E-state index is -2.42. The predicted octanol–water partition coefficient (Wildman–Crippen LogP) is 2.80. The number of carbonyl (C=O) groups excluding carboxylic acids is 1. The zero-order chi connectivity index (χ0) is 14.8. The molecular formula is C15H21N3O2S. The summed E-state index contributed by atoms with van der Waals surface area (Å²) in [4.78, 5) is 11.8. The molecule has 1 aromatic carbocycles. The number of nitrogens with one attached hydrogen (secondary N) is 3. The molecular weight excluding hydrogens is 286 g/mol. The van der Waals surface area contributed by atoms with Gasteiger partial charge < -0.3 is 5.32 Å². The van der Waals surface area contributed by atoms with Crippen LogP contribution in [0.1, 0.15) is 42.4 Å². The molecule has 114 valence electrons. The fourth-order valence-corrected chi connectivity index (χ4v) is 3.52. The second kappa shape index (κ2) is 6.05. The third-order valence-electron chi connectivity index (χ3n) is 4.54. The summed E-state index contributed by atoms with van der Waals surface area (Å²) in [7, 11) is -2.42. The number of anilines is 1. The molecule has 1 atom stereocenters. The maximum Gasteiger partial charge on any atom is 0.331 e. The van der Waals surface area contributed by atoms with Gasteiger partial charge in [-0.1, -0.05) is 31.4 Å². The van der Waals surface area contributed by atoms with E-state index in [-0.39, 0.29) is 0 Å². The number of thiol groups is 1. The summed E-state index contributed by atoms with van der Waals surface area (Å²) in [5.41, 5.74) is 4.60. The molecule has 2 amide bonds. The van der Waals surface area contributed by atoms with Gasteiger partial charge in [0.2, 0.25) is 0 Å². The molecule has 0 aromatic heterocycles. The number of urea groups is 1. The van der Waals surface area contributed by atoms with E-state index < -0.39 is 16.8 Å². The first-order chi connectivity index (χ1) is 10.1. The number of rotatable bonds is 4. The molecule has 3 N–H and O–H groups in total. The Labute approximate surface area is 126 Å². The van der Waals surface area contributed by atoms with Gasteiger partial charge >= 0.3 is 6.03 Å². The van der Waals surface area contributed by atoms with Gasteiger partial charge in [0.1, 0.15) is 10.8 Å². The van der Waals surface area contributed by atoms with E-state index in [1.165, 1.54) is 36.0 Å². The normalized spacial score (nSPS) is 18.7. The molecule has 5 nitrogen and oxygen atoms in total. The van der Waals surface area contributed by atoms with Crippen LogP contribution in [0, 0.1) is 10.7 Å². The summed E-state index contributed by atoms with van der Waals surface area (Å²) in [6.45, 7) is 0. The molecule has 3 rings (SSSR count). The fourth-order valence-electron chi connectivity index (χ4n) is 3.28. The quantitative estimate of drug-likeness (QED) is 0.645. The van der Waals surface area contributed by atoms with Gasteiger partial charge in [-0.05, 0) is 48.3 Å². The zero-order valence-electron chi connectivity index (χ0n) is 11.9. The van der Waals surface area contributed by atoms with E-state index in [0.717, 1.165) is 37.3 Å². The average Bonchev–Trinajstić information content (AvgIpc) is 2.83. The van der Waals surface area contributed by atoms with Crippen LogP contribution in [0.2, 0.25) is 0 Å². The fraction of sp³-hybridized carbons (Fsp3) is 0.533. The Hall–Kier alpha value is -1.56. The lowest BCUT2D eigenvalue weighted by molar-refractivity contribution is 0.257. The Balaban J connectivity index is 1.86. The van der Waals surface area contributed by atoms with E-state index in [9.17, 15) is 9.00 Å². The van der Waals surface area contributed by atoms with Crippen molar-refractivity contribution < 1.29 is 9.00 Å². The van der Waals surface area contributed by atoms with Crippen molar-refractivity contribution in [1.29, 1.82) is 4.78 Å². The summed E-state index contributed by atoms with van der Waals surface area (Å²) in [5, 5.41) is 2.84. The minimum Gasteiger partial charge on any atom is -0.307 e. The molecule has 0 aliphatic heterocycles. The van der Waals surface area contributed by atoms with Gasteiger partial charge in [-0.3, -0.25) is 4.72 Å². The van der Waals surface area contributed by atoms with Gasteiger partial charge in [0.25, 0.3) is 0 Å². The van der Waals surface area contributed by atoms with Gasteiger partial charge in [0.15, 0.2) is 0 Å². The SMILES string of the molecule is N=[SH](=O)NC(=O)Nc1c(CC2CCC2)ccc2c1CCC2. The van der Waals surface area contributed by atoms with Crippen LogP contribution in [0.3, 0.4) is 0 Å². The first kappa shape index (κ1) is 14.4. The van der Waals surface area contributed by atoms with Crippen LogP contribution in [0.15, 0.2) is 12.1 Å². The maximum absolute atomic E-state index is 11.8. The Bertz CT molecular complexity index is 628. The Morgan fingerprint density at radius 2 is 2.10 bits per heavy atom. The molecule has 0 heterocycles. The molecule has 6 heteroatoms. The van der Waals surface area contributed by atoms with Gasteiger partial charge in [-0.2, -0.15) is 0 Å². The van der Waals surface area contributed by atoms with E-state index in [1.807, 2.05) is 0 Å². The average molecular weight is 307 g/mol. The second-order valence-electron chi connectivity index (χ2n) is 5.95. The van der Waals surface area contributed by atoms with Crippen molar-refractivity contribution >= 4 is 22.5 Å². The molecule has 0 bridgehead atoms. The molecule has 0 spiro atoms. The van der Waals surface area contributed by atoms with Gasteiger partial charge in [0, 0.05) is 5.69 Å². The van der Waals surface area contributed by atoms with Crippen molar-refractivity contribution in [2.24, 2.45) is 5.92 Å². The van der Waals surface area contributed by atoms with Crippen molar-refractivity contribution in [1.82, 2.24) is 4.72 Å². The number of carbonyl (C=O) groups is 1. The number of aryl methyl sites for hydroxylation is 1. The molecule has 1 unspecified atom stereocenters. The van der Waals surface area contributed by atoms with Crippen molar-refractivity contribution in [3.63, 3.8) is 0 Å². The van der Waals surface area contributed by atoms with Gasteiger partial charge in [-0.15, -0.1) is 0 Å². The van der Waals surface area contributed by atoms with Crippen LogP contribution in [-0.4, -0.2) is 10.2 Å². The van der Waals surface area contributed by atoms with Crippen molar-refractivity contribution in [2.75, 3.05) is 5.32 Å². The molecule has 2 aliphatic rings. The van der Waals surface area contributed by atoms with Crippen LogP contribution in [-0.2, 0) is 30.0 Å². The lowest BCUT2D eigenvalue weighted by Gasteiger charge is -2.27. The highest BCUT2D eigenvalue weighted by Gasteiger charge is 2.23. The Morgan fingerprint density at radius 1 is 1.29 bits per heavy atom. The van der Waals surface area contributed by atoms with Crippen LogP contribution in [0.25, 0.3) is 0 Å². The minimum absolute atomic E-state index is 0.540. The smallest absolute Gasteiger partial charge is 0.307 e. The van der Waals surface area contributed by atoms with Crippen LogP contribution < -0.4 is 10.0 Å². The summed E-state index contributed by atoms with van der Waals surface area (Å²) < 4.78 is 19.9. The molecule has 0 saturated heterocycles. The summed E-state index contributed by atoms with van der Waals surface area (Å²) in [6.07, 6.45) is 7.99. The monoisotopic (exact) mass is 307 g/mol. The highest BCUT2D eigenvalue weighted by molar-refractivity contribution is 7.72. The van der Waals surface area contributed by atoms with Gasteiger partial charge in [-0.25, -0.2) is 13.8 Å². The third-order valence-corrected chi connectivity index (χ3v) is 4.95. The number of benzene rings is 1. The molecule has 1 aromatic rings. The molecule has 2 aliphatic carbocycles. The molecule has 1 fully saturated rings. The molecule has 21 heavy (non-hydrogen) atoms. The van der Waals surface area contributed by atoms with Crippen LogP contribution in [0.5, 0.6) is 0 Å². The largest absolute Gasteiger partial charge is 0.331 e. The second-order valence-corrected chi connectivity index (χ2v) is 6.76. The van der Waals surface area contributed by atoms with Gasteiger partial charge in [0.05, 0.1) is 0 Å². The van der Waals surface area contributed by atoms with Crippen molar-refractivity contribution in [3.8, 4) is 0 Å². The summed E-state index contributed by atoms with van der Waals surface area (Å²) in [5.74, 6) is 0.723. The van der Waals surface area contributed by atoms with E-state index in [0.29, 0.717) is 0 Å². The number of hydrogen-bond acceptors (Lipinski definition) is 3. The summed E-state index contributed by atoms with van der Waals surface area (Å²) >= 11 is 0. The lowest BCUT2D eigenvalue weighted by atomic mass is 9.80. The van der Waals surface area contributed by atoms with Crippen LogP contribution in [0.4, 0.5) is 10.5 Å². The van der Waals surface area contributed by atoms with Crippen molar-refractivity contribution in [2.45, 2.75) is 44.9 Å². The first-order valence-electron chi connectivity index (χ1n) is 7.53. The van der Waals surface area contributed by atoms with Crippen LogP contribution >= 0.6 is 0 Å². The Morgan fingerprint density at radius 3 is 2.76 bits per heavy atom. The van der Waals surface area contributed by atoms with E-state index in [4.69, 9.17) is 4.78 Å². The highest BCUT2D eigenvalue weighted by Crippen LogP contribution is 2.36. The highest BCUT2D eigenvalue weighted by atomic mass is 32.2. The summed E-state index contributed by atoms with van der Waals surface area (Å²) in [6, 6.07) is 3.77. The van der Waals surface area contributed by atoms with Crippen molar-refractivity contribution in [3.05, 3.63) is 28.8 Å². The molecule has 1 saturated carbocycles. The number of fused-ring (bicyclic) bond motifs is 1. The lowest BCUT2D eigenvalue weighted by Crippen LogP contribution is -2.28. The van der Waals surface area contributed by atoms with E-state index in [1.54, 1.807) is 0 Å². The molecule has 0 radical (unpaired) electrons. The number of hydrogen-bond donors (Lipinski definition) is 4. The van der Waals surface area contributed by atoms with E-state index >= 15 is 0 Å². The Kier molecular flexibility index (Phi) is 4.14. The zero-order valence-corrected chi connectivity index (χ0v) is 12.8. The first-order valence-corrected chi connectivity index (χ1v) is 8.79. The predicted molar refractivity (Wildman–Crippen MR) is 83.9 cm³/mol. The number of amides is 2. The standard InChI is InChI=1S/C15H21N3O2S/c16-21(20)18-15(19)17-14-12(9-10-3-1-4-10)8-7-11-5-2-6-13(11)14/h7-8,10,21H,1-6,9H2,(H3,16,17,18,19,20). The third kappa shape index (κ3) is 3.20. The topological polar surface area (TPSA) is 82.1 Å².